The van der Waals surface area contributed by atoms with Gasteiger partial charge < -0.3 is 49.4 Å². The molecule has 4 aliphatic rings. The second-order valence-corrected chi connectivity index (χ2v) is 17.2. The van der Waals surface area contributed by atoms with Gasteiger partial charge >= 0.3 is 5.97 Å². The van der Waals surface area contributed by atoms with Crippen molar-refractivity contribution in [2.24, 2.45) is 29.6 Å². The third-order valence-electron chi connectivity index (χ3n) is 12.8. The van der Waals surface area contributed by atoms with E-state index in [1.165, 1.54) is 4.90 Å². The first kappa shape index (κ1) is 46.2. The third-order valence-corrected chi connectivity index (χ3v) is 12.8. The Hall–Kier alpha value is -2.49. The first-order valence-corrected chi connectivity index (χ1v) is 20.6. The maximum absolute atomic E-state index is 14.3. The molecule has 318 valence electrons. The fraction of sp³-hybridized carbons (Fsp3) is 0.791. The SMILES string of the molecule is C=CC[C@H]1/C=C(/C)C[C@H](C)C[C@@H](OC)[C@@H]2O[C@@](O)(C(O)C(=O)N3CCCC[C@H]3C(=O)OC(/C(C)=C/[C@H]3CC[C@@H](O)[C@H](O)C3)[C@@H](C)[C@H](O)CC1=O)[C@H](C)C[C@@H]2OC. The van der Waals surface area contributed by atoms with Crippen LogP contribution in [0.2, 0.25) is 0 Å². The van der Waals surface area contributed by atoms with Crippen LogP contribution in [0.5, 0.6) is 0 Å². The molecule has 0 aromatic heterocycles. The zero-order chi connectivity index (χ0) is 41.5. The standard InChI is InChI=1S/C43H69NO12/c1-9-12-30-18-24(2)17-25(3)19-36(53-7)39-37(54-8)21-27(5)43(52,56-39)40(49)41(50)44-16-11-10-13-31(44)42(51)55-38(28(6)33(46)23-34(30)47)26(4)20-29-14-15-32(45)35(48)22-29/h9,18,20,25,27-33,35-40,45-46,48-49,52H,1,10-17,19,21-23H2,2-8H3/b24-18-,26-20+/t25-,27+,28-,29+,30-,31-,32+,33+,35+,36+,37-,38?,39-,40?,43+/m0/s1. The van der Waals surface area contributed by atoms with Crippen LogP contribution in [0.4, 0.5) is 0 Å². The van der Waals surface area contributed by atoms with Crippen LogP contribution in [0.25, 0.3) is 0 Å². The molecule has 2 saturated heterocycles. The van der Waals surface area contributed by atoms with Crippen molar-refractivity contribution in [1.29, 1.82) is 0 Å². The van der Waals surface area contributed by atoms with Gasteiger partial charge in [-0.1, -0.05) is 44.6 Å². The molecule has 2 bridgehead atoms. The number of carbonyl (C=O) groups excluding carboxylic acids is 3. The molecule has 0 radical (unpaired) electrons. The number of carbonyl (C=O) groups is 3. The molecule has 3 aliphatic heterocycles. The zero-order valence-corrected chi connectivity index (χ0v) is 34.5. The van der Waals surface area contributed by atoms with Crippen LogP contribution in [0.15, 0.2) is 36.0 Å². The summed E-state index contributed by atoms with van der Waals surface area (Å²) in [6, 6.07) is -1.10. The first-order chi connectivity index (χ1) is 26.4. The highest BCUT2D eigenvalue weighted by Gasteiger charge is 2.56. The molecule has 1 aliphatic carbocycles. The molecule has 0 spiro atoms. The second-order valence-electron chi connectivity index (χ2n) is 17.2. The topological polar surface area (TPSA) is 193 Å². The zero-order valence-electron chi connectivity index (χ0n) is 34.5. The highest BCUT2D eigenvalue weighted by molar-refractivity contribution is 5.88. The lowest BCUT2D eigenvalue weighted by molar-refractivity contribution is -0.346. The lowest BCUT2D eigenvalue weighted by atomic mass is 9.81. The van der Waals surface area contributed by atoms with Crippen LogP contribution < -0.4 is 0 Å². The molecular weight excluding hydrogens is 722 g/mol. The number of ether oxygens (including phenoxy) is 4. The van der Waals surface area contributed by atoms with Crippen molar-refractivity contribution < 1.29 is 58.9 Å². The number of nitrogens with zero attached hydrogens (tertiary/aromatic N) is 1. The lowest BCUT2D eigenvalue weighted by Crippen LogP contribution is -2.66. The van der Waals surface area contributed by atoms with Crippen LogP contribution >= 0.6 is 0 Å². The Morgan fingerprint density at radius 2 is 1.62 bits per heavy atom. The van der Waals surface area contributed by atoms with E-state index in [0.29, 0.717) is 56.9 Å². The fourth-order valence-corrected chi connectivity index (χ4v) is 9.34. The number of amides is 1. The summed E-state index contributed by atoms with van der Waals surface area (Å²) in [5.74, 6) is -6.25. The Labute approximate surface area is 333 Å². The molecule has 13 nitrogen and oxygen atoms in total. The van der Waals surface area contributed by atoms with E-state index in [-0.39, 0.29) is 43.4 Å². The van der Waals surface area contributed by atoms with E-state index in [2.05, 4.69) is 6.58 Å². The van der Waals surface area contributed by atoms with E-state index in [0.717, 1.165) is 5.57 Å². The van der Waals surface area contributed by atoms with Crippen molar-refractivity contribution in [3.63, 3.8) is 0 Å². The minimum atomic E-state index is -2.33. The van der Waals surface area contributed by atoms with Crippen LogP contribution in [0.3, 0.4) is 0 Å². The molecule has 13 heteroatoms. The molecule has 1 saturated carbocycles. The Balaban J connectivity index is 1.77. The van der Waals surface area contributed by atoms with Gasteiger partial charge in [-0.05, 0) is 95.5 Å². The predicted octanol–water partition coefficient (Wildman–Crippen LogP) is 3.78. The van der Waals surface area contributed by atoms with E-state index in [4.69, 9.17) is 18.9 Å². The Morgan fingerprint density at radius 3 is 2.27 bits per heavy atom. The summed E-state index contributed by atoms with van der Waals surface area (Å²) in [5.41, 5.74) is 1.57. The minimum Gasteiger partial charge on any atom is -0.456 e. The molecule has 5 N–H and O–H groups in total. The highest BCUT2D eigenvalue weighted by atomic mass is 16.7. The average Bonchev–Trinajstić information content (AvgIpc) is 3.16. The summed E-state index contributed by atoms with van der Waals surface area (Å²) in [6.07, 6.45) is 1.81. The molecular formula is C43H69NO12. The number of ketones is 1. The Morgan fingerprint density at radius 1 is 0.946 bits per heavy atom. The summed E-state index contributed by atoms with van der Waals surface area (Å²) < 4.78 is 24.3. The maximum atomic E-state index is 14.3. The molecule has 4 rings (SSSR count). The number of methoxy groups -OCH3 is 2. The number of Topliss-reactive ketones (excluding diaryl/α,β-unsaturated/α-hetero) is 1. The van der Waals surface area contributed by atoms with Gasteiger partial charge in [-0.25, -0.2) is 4.79 Å². The number of aliphatic hydroxyl groups is 5. The Kier molecular flexibility index (Phi) is 16.9. The molecule has 56 heavy (non-hydrogen) atoms. The van der Waals surface area contributed by atoms with Crippen molar-refractivity contribution in [2.45, 2.75) is 166 Å². The van der Waals surface area contributed by atoms with E-state index in [1.54, 1.807) is 41.1 Å². The molecule has 3 heterocycles. The number of allylic oxidation sites excluding steroid dienone is 4. The van der Waals surface area contributed by atoms with Crippen molar-refractivity contribution in [2.75, 3.05) is 20.8 Å². The quantitative estimate of drug-likeness (QED) is 0.194. The number of cyclic esters (lactones) is 1. The monoisotopic (exact) mass is 791 g/mol. The van der Waals surface area contributed by atoms with Gasteiger partial charge in [0.2, 0.25) is 5.79 Å². The van der Waals surface area contributed by atoms with E-state index >= 15 is 0 Å². The molecule has 15 atom stereocenters. The van der Waals surface area contributed by atoms with Crippen LogP contribution in [0.1, 0.15) is 105 Å². The normalized spacial score (nSPS) is 42.8. The van der Waals surface area contributed by atoms with Crippen LogP contribution in [-0.2, 0) is 33.3 Å². The number of hydrogen-bond acceptors (Lipinski definition) is 12. The van der Waals surface area contributed by atoms with E-state index in [9.17, 15) is 39.9 Å². The highest BCUT2D eigenvalue weighted by Crippen LogP contribution is 2.40. The summed E-state index contributed by atoms with van der Waals surface area (Å²) in [6.45, 7) is 13.2. The second kappa shape index (κ2) is 20.5. The summed E-state index contributed by atoms with van der Waals surface area (Å²) in [4.78, 5) is 43.7. The number of piperidine rings is 1. The molecule has 2 unspecified atom stereocenters. The minimum absolute atomic E-state index is 0.0249. The van der Waals surface area contributed by atoms with Gasteiger partial charge in [-0.3, -0.25) is 9.59 Å². The number of rotatable bonds is 6. The molecule has 0 aromatic rings. The van der Waals surface area contributed by atoms with Gasteiger partial charge in [0, 0.05) is 44.9 Å². The van der Waals surface area contributed by atoms with Crippen molar-refractivity contribution >= 4 is 17.7 Å². The van der Waals surface area contributed by atoms with E-state index < -0.39 is 90.3 Å². The van der Waals surface area contributed by atoms with Crippen LogP contribution in [-0.4, -0.2) is 130 Å². The maximum Gasteiger partial charge on any atom is 0.329 e. The van der Waals surface area contributed by atoms with Crippen molar-refractivity contribution in [1.82, 2.24) is 4.90 Å². The number of aliphatic hydroxyl groups excluding tert-OH is 4. The van der Waals surface area contributed by atoms with Crippen molar-refractivity contribution in [3.8, 4) is 0 Å². The smallest absolute Gasteiger partial charge is 0.329 e. The van der Waals surface area contributed by atoms with Gasteiger partial charge in [0.15, 0.2) is 6.10 Å². The number of hydrogen-bond donors (Lipinski definition) is 5. The summed E-state index contributed by atoms with van der Waals surface area (Å²) in [5, 5.41) is 56.0. The molecule has 0 aromatic carbocycles. The van der Waals surface area contributed by atoms with Crippen molar-refractivity contribution in [3.05, 3.63) is 36.0 Å². The largest absolute Gasteiger partial charge is 0.456 e. The fourth-order valence-electron chi connectivity index (χ4n) is 9.34. The first-order valence-electron chi connectivity index (χ1n) is 20.6. The van der Waals surface area contributed by atoms with Gasteiger partial charge in [0.05, 0.1) is 30.5 Å². The van der Waals surface area contributed by atoms with E-state index in [1.807, 2.05) is 26.0 Å². The predicted molar refractivity (Wildman–Crippen MR) is 209 cm³/mol. The average molecular weight is 792 g/mol. The van der Waals surface area contributed by atoms with Gasteiger partial charge in [0.1, 0.15) is 24.0 Å². The molecule has 1 amide bonds. The van der Waals surface area contributed by atoms with Crippen LogP contribution in [0, 0.1) is 29.6 Å². The lowest BCUT2D eigenvalue weighted by Gasteiger charge is -2.49. The summed E-state index contributed by atoms with van der Waals surface area (Å²) in [7, 11) is 3.08. The Bertz CT molecular complexity index is 1420. The van der Waals surface area contributed by atoms with Gasteiger partial charge in [-0.2, -0.15) is 0 Å². The van der Waals surface area contributed by atoms with Gasteiger partial charge in [0.25, 0.3) is 5.91 Å². The third kappa shape index (κ3) is 11.0. The van der Waals surface area contributed by atoms with Gasteiger partial charge in [-0.15, -0.1) is 6.58 Å². The number of esters is 1. The number of fused-ring (bicyclic) bond motifs is 3. The molecule has 3 fully saturated rings. The summed E-state index contributed by atoms with van der Waals surface area (Å²) >= 11 is 0.